The number of aromatic nitrogens is 3. The van der Waals surface area contributed by atoms with Gasteiger partial charge in [0.25, 0.3) is 5.91 Å². The molecule has 0 bridgehead atoms. The van der Waals surface area contributed by atoms with Crippen molar-refractivity contribution in [2.45, 2.75) is 71.5 Å². The maximum Gasteiger partial charge on any atom is 0.257 e. The molecular formula is C25H33N5O. The van der Waals surface area contributed by atoms with E-state index in [0.29, 0.717) is 17.3 Å². The van der Waals surface area contributed by atoms with Gasteiger partial charge < -0.3 is 5.32 Å². The second kappa shape index (κ2) is 9.18. The number of aryl methyl sites for hydroxylation is 1. The Morgan fingerprint density at radius 1 is 1.23 bits per heavy atom. The van der Waals surface area contributed by atoms with Gasteiger partial charge in [-0.05, 0) is 58.4 Å². The van der Waals surface area contributed by atoms with Crippen molar-refractivity contribution in [1.82, 2.24) is 19.7 Å². The number of nitrogens with zero attached hydrogens (tertiary/aromatic N) is 4. The Kier molecular flexibility index (Phi) is 6.37. The zero-order valence-electron chi connectivity index (χ0n) is 19.1. The summed E-state index contributed by atoms with van der Waals surface area (Å²) in [4.78, 5) is 20.3. The number of nitrogens with one attached hydrogen (secondary N) is 1. The first-order chi connectivity index (χ1) is 14.9. The second-order valence-corrected chi connectivity index (χ2v) is 9.04. The van der Waals surface area contributed by atoms with Crippen molar-refractivity contribution in [3.8, 4) is 0 Å². The number of carbonyl (C=O) groups is 1. The molecule has 1 fully saturated rings. The summed E-state index contributed by atoms with van der Waals surface area (Å²) in [6.07, 6.45) is 8.29. The quantitative estimate of drug-likeness (QED) is 0.586. The standard InChI is InChI=1S/C25H33N5O/c1-17(2)30-24-20(15-26-30)14-22(18(3)27-24)25(31)28-23-13-9-8-10-19(23)16-29(4)21-11-6-5-7-12-21/h8-10,13-15,17,21H,5-7,11-12,16H2,1-4H3,(H,28,31). The van der Waals surface area contributed by atoms with Gasteiger partial charge in [-0.2, -0.15) is 5.10 Å². The monoisotopic (exact) mass is 419 g/mol. The summed E-state index contributed by atoms with van der Waals surface area (Å²) in [5, 5.41) is 8.45. The van der Waals surface area contributed by atoms with E-state index >= 15 is 0 Å². The van der Waals surface area contributed by atoms with Gasteiger partial charge in [-0.25, -0.2) is 9.67 Å². The number of amides is 1. The highest BCUT2D eigenvalue weighted by atomic mass is 16.1. The van der Waals surface area contributed by atoms with E-state index in [0.717, 1.165) is 28.8 Å². The normalized spacial score (nSPS) is 15.2. The Hall–Kier alpha value is -2.73. The summed E-state index contributed by atoms with van der Waals surface area (Å²) < 4.78 is 1.89. The van der Waals surface area contributed by atoms with Gasteiger partial charge in [-0.15, -0.1) is 0 Å². The maximum atomic E-state index is 13.2. The lowest BCUT2D eigenvalue weighted by Gasteiger charge is -2.31. The number of carbonyl (C=O) groups excluding carboxylic acids is 1. The van der Waals surface area contributed by atoms with Gasteiger partial charge in [-0.3, -0.25) is 9.69 Å². The molecule has 6 nitrogen and oxygen atoms in total. The minimum absolute atomic E-state index is 0.128. The molecule has 164 valence electrons. The van der Waals surface area contributed by atoms with Crippen LogP contribution in [0.1, 0.15) is 73.6 Å². The van der Waals surface area contributed by atoms with E-state index in [1.165, 1.54) is 32.1 Å². The molecule has 1 saturated carbocycles. The number of pyridine rings is 1. The Labute approximate surface area is 184 Å². The van der Waals surface area contributed by atoms with E-state index in [2.05, 4.69) is 47.3 Å². The van der Waals surface area contributed by atoms with Gasteiger partial charge in [0, 0.05) is 29.7 Å². The predicted molar refractivity (Wildman–Crippen MR) is 125 cm³/mol. The van der Waals surface area contributed by atoms with Crippen molar-refractivity contribution in [3.63, 3.8) is 0 Å². The summed E-state index contributed by atoms with van der Waals surface area (Å²) in [6, 6.07) is 10.9. The van der Waals surface area contributed by atoms with Crippen molar-refractivity contribution in [3.05, 3.63) is 53.3 Å². The van der Waals surface area contributed by atoms with Crippen LogP contribution in [-0.2, 0) is 6.54 Å². The van der Waals surface area contributed by atoms with Crippen LogP contribution in [0.3, 0.4) is 0 Å². The fraction of sp³-hybridized carbons (Fsp3) is 0.480. The third-order valence-corrected chi connectivity index (χ3v) is 6.38. The molecule has 2 heterocycles. The second-order valence-electron chi connectivity index (χ2n) is 9.04. The number of hydrogen-bond donors (Lipinski definition) is 1. The molecule has 1 aromatic carbocycles. The third kappa shape index (κ3) is 4.64. The van der Waals surface area contributed by atoms with E-state index in [4.69, 9.17) is 0 Å². The first-order valence-electron chi connectivity index (χ1n) is 11.4. The zero-order chi connectivity index (χ0) is 22.0. The lowest BCUT2D eigenvalue weighted by atomic mass is 9.94. The van der Waals surface area contributed by atoms with Crippen LogP contribution >= 0.6 is 0 Å². The van der Waals surface area contributed by atoms with E-state index in [9.17, 15) is 4.79 Å². The largest absolute Gasteiger partial charge is 0.322 e. The van der Waals surface area contributed by atoms with Gasteiger partial charge in [0.1, 0.15) is 0 Å². The average Bonchev–Trinajstić information content (AvgIpc) is 3.18. The number of anilines is 1. The Balaban J connectivity index is 1.54. The Morgan fingerprint density at radius 2 is 1.97 bits per heavy atom. The molecular weight excluding hydrogens is 386 g/mol. The molecule has 31 heavy (non-hydrogen) atoms. The molecule has 1 aliphatic carbocycles. The summed E-state index contributed by atoms with van der Waals surface area (Å²) in [6.45, 7) is 6.87. The molecule has 0 spiro atoms. The highest BCUT2D eigenvalue weighted by Gasteiger charge is 2.20. The van der Waals surface area contributed by atoms with Crippen LogP contribution < -0.4 is 5.32 Å². The molecule has 1 aliphatic rings. The van der Waals surface area contributed by atoms with Crippen molar-refractivity contribution in [1.29, 1.82) is 0 Å². The van der Waals surface area contributed by atoms with Crippen LogP contribution in [0.5, 0.6) is 0 Å². The predicted octanol–water partition coefficient (Wildman–Crippen LogP) is 5.34. The van der Waals surface area contributed by atoms with Crippen LogP contribution in [0.25, 0.3) is 11.0 Å². The molecule has 0 saturated heterocycles. The SMILES string of the molecule is Cc1nc2c(cnn2C(C)C)cc1C(=O)Nc1ccccc1CN(C)C1CCCCC1. The molecule has 3 aromatic rings. The van der Waals surface area contributed by atoms with Crippen molar-refractivity contribution in [2.24, 2.45) is 0 Å². The molecule has 1 amide bonds. The molecule has 0 unspecified atom stereocenters. The van der Waals surface area contributed by atoms with E-state index in [-0.39, 0.29) is 11.9 Å². The first kappa shape index (κ1) is 21.5. The van der Waals surface area contributed by atoms with Gasteiger partial charge in [-0.1, -0.05) is 37.5 Å². The van der Waals surface area contributed by atoms with Crippen LogP contribution in [0, 0.1) is 6.92 Å². The summed E-state index contributed by atoms with van der Waals surface area (Å²) >= 11 is 0. The molecule has 2 aromatic heterocycles. The van der Waals surface area contributed by atoms with Crippen molar-refractivity contribution < 1.29 is 4.79 Å². The zero-order valence-corrected chi connectivity index (χ0v) is 19.1. The van der Waals surface area contributed by atoms with Gasteiger partial charge >= 0.3 is 0 Å². The van der Waals surface area contributed by atoms with E-state index in [1.807, 2.05) is 35.9 Å². The fourth-order valence-corrected chi connectivity index (χ4v) is 4.56. The van der Waals surface area contributed by atoms with Crippen LogP contribution in [0.15, 0.2) is 36.5 Å². The van der Waals surface area contributed by atoms with E-state index in [1.54, 1.807) is 6.20 Å². The maximum absolute atomic E-state index is 13.2. The van der Waals surface area contributed by atoms with Crippen LogP contribution in [0.2, 0.25) is 0 Å². The van der Waals surface area contributed by atoms with Crippen LogP contribution in [-0.4, -0.2) is 38.7 Å². The summed E-state index contributed by atoms with van der Waals surface area (Å²) in [5.41, 5.74) is 4.13. The fourth-order valence-electron chi connectivity index (χ4n) is 4.56. The minimum Gasteiger partial charge on any atom is -0.322 e. The molecule has 6 heteroatoms. The number of para-hydroxylation sites is 1. The number of benzene rings is 1. The van der Waals surface area contributed by atoms with E-state index < -0.39 is 0 Å². The summed E-state index contributed by atoms with van der Waals surface area (Å²) in [7, 11) is 2.20. The topological polar surface area (TPSA) is 63.1 Å². The minimum atomic E-state index is -0.128. The lowest BCUT2D eigenvalue weighted by Crippen LogP contribution is -2.33. The van der Waals surface area contributed by atoms with Crippen LogP contribution in [0.4, 0.5) is 5.69 Å². The highest BCUT2D eigenvalue weighted by molar-refractivity contribution is 6.06. The molecule has 0 aliphatic heterocycles. The Morgan fingerprint density at radius 3 is 2.71 bits per heavy atom. The molecule has 0 atom stereocenters. The average molecular weight is 420 g/mol. The van der Waals surface area contributed by atoms with Gasteiger partial charge in [0.2, 0.25) is 0 Å². The first-order valence-corrected chi connectivity index (χ1v) is 11.4. The molecule has 0 radical (unpaired) electrons. The number of rotatable bonds is 6. The summed E-state index contributed by atoms with van der Waals surface area (Å²) in [5.74, 6) is -0.128. The van der Waals surface area contributed by atoms with Crippen molar-refractivity contribution in [2.75, 3.05) is 12.4 Å². The Bertz CT molecular complexity index is 1060. The lowest BCUT2D eigenvalue weighted by molar-refractivity contribution is 0.102. The van der Waals surface area contributed by atoms with Crippen molar-refractivity contribution >= 4 is 22.6 Å². The smallest absolute Gasteiger partial charge is 0.257 e. The third-order valence-electron chi connectivity index (χ3n) is 6.38. The number of hydrogen-bond acceptors (Lipinski definition) is 4. The molecule has 4 rings (SSSR count). The van der Waals surface area contributed by atoms with Gasteiger partial charge in [0.05, 0.1) is 17.5 Å². The number of fused-ring (bicyclic) bond motifs is 1. The molecule has 1 N–H and O–H groups in total. The van der Waals surface area contributed by atoms with Gasteiger partial charge in [0.15, 0.2) is 5.65 Å². The highest BCUT2D eigenvalue weighted by Crippen LogP contribution is 2.26.